The Kier molecular flexibility index (Phi) is 4.42. The Labute approximate surface area is 160 Å². The standard InChI is InChI=1S/C19H16Cl2N4O/c1-12-7-14(13-3-2-4-15(20)8-13)5-6-24(12)19(26)17-9-18-22-10-16(21)11-25(18)23-17/h2-5,8-12H,6-7H2,1H3. The summed E-state index contributed by atoms with van der Waals surface area (Å²) >= 11 is 12.0. The predicted octanol–water partition coefficient (Wildman–Crippen LogP) is 4.35. The van der Waals surface area contributed by atoms with E-state index < -0.39 is 0 Å². The minimum Gasteiger partial charge on any atom is -0.330 e. The van der Waals surface area contributed by atoms with E-state index in [9.17, 15) is 4.79 Å². The van der Waals surface area contributed by atoms with Crippen LogP contribution in [0.3, 0.4) is 0 Å². The van der Waals surface area contributed by atoms with Crippen LogP contribution in [0.15, 0.2) is 48.8 Å². The van der Waals surface area contributed by atoms with Gasteiger partial charge in [0.1, 0.15) is 0 Å². The Morgan fingerprint density at radius 3 is 2.85 bits per heavy atom. The number of carbonyl (C=O) groups excluding carboxylic acids is 1. The first-order valence-electron chi connectivity index (χ1n) is 8.28. The fraction of sp³-hybridized carbons (Fsp3) is 0.211. The molecule has 1 amide bonds. The second kappa shape index (κ2) is 6.74. The number of nitrogens with zero attached hydrogens (tertiary/aromatic N) is 4. The molecule has 0 aliphatic carbocycles. The zero-order chi connectivity index (χ0) is 18.3. The fourth-order valence-electron chi connectivity index (χ4n) is 3.21. The maximum Gasteiger partial charge on any atom is 0.274 e. The summed E-state index contributed by atoms with van der Waals surface area (Å²) in [5, 5.41) is 5.50. The summed E-state index contributed by atoms with van der Waals surface area (Å²) in [5.74, 6) is -0.111. The summed E-state index contributed by atoms with van der Waals surface area (Å²) in [6.45, 7) is 2.57. The molecular formula is C19H16Cl2N4O. The summed E-state index contributed by atoms with van der Waals surface area (Å²) in [5.41, 5.74) is 3.26. The van der Waals surface area contributed by atoms with E-state index in [-0.39, 0.29) is 11.9 Å². The number of halogens is 2. The average Bonchev–Trinajstić information content (AvgIpc) is 3.04. The lowest BCUT2D eigenvalue weighted by Crippen LogP contribution is -2.41. The van der Waals surface area contributed by atoms with Crippen LogP contribution in [0, 0.1) is 0 Å². The summed E-state index contributed by atoms with van der Waals surface area (Å²) in [7, 11) is 0. The van der Waals surface area contributed by atoms with E-state index in [0.717, 1.165) is 12.0 Å². The molecule has 1 atom stereocenters. The molecule has 1 unspecified atom stereocenters. The Bertz CT molecular complexity index is 1030. The van der Waals surface area contributed by atoms with Gasteiger partial charge >= 0.3 is 0 Å². The Balaban J connectivity index is 1.58. The molecule has 0 spiro atoms. The summed E-state index contributed by atoms with van der Waals surface area (Å²) in [6.07, 6.45) is 6.02. The smallest absolute Gasteiger partial charge is 0.274 e. The molecule has 132 valence electrons. The largest absolute Gasteiger partial charge is 0.330 e. The molecule has 7 heteroatoms. The number of carbonyl (C=O) groups is 1. The second-order valence-corrected chi connectivity index (χ2v) is 7.23. The molecule has 0 saturated heterocycles. The van der Waals surface area contributed by atoms with Crippen molar-refractivity contribution >= 4 is 40.3 Å². The molecule has 2 aromatic heterocycles. The van der Waals surface area contributed by atoms with Crippen molar-refractivity contribution in [1.82, 2.24) is 19.5 Å². The molecule has 1 aliphatic rings. The lowest BCUT2D eigenvalue weighted by atomic mass is 9.94. The molecule has 5 nitrogen and oxygen atoms in total. The number of fused-ring (bicyclic) bond motifs is 1. The molecule has 0 bridgehead atoms. The van der Waals surface area contributed by atoms with Crippen molar-refractivity contribution in [3.63, 3.8) is 0 Å². The van der Waals surface area contributed by atoms with Gasteiger partial charge in [-0.3, -0.25) is 4.79 Å². The molecule has 1 aliphatic heterocycles. The van der Waals surface area contributed by atoms with E-state index in [4.69, 9.17) is 23.2 Å². The SMILES string of the molecule is CC1CC(c2cccc(Cl)c2)=CCN1C(=O)c1cc2ncc(Cl)cn2n1. The molecule has 0 N–H and O–H groups in total. The van der Waals surface area contributed by atoms with Crippen LogP contribution in [0.25, 0.3) is 11.2 Å². The second-order valence-electron chi connectivity index (χ2n) is 6.35. The number of amides is 1. The van der Waals surface area contributed by atoms with Gasteiger partial charge in [-0.25, -0.2) is 9.50 Å². The highest BCUT2D eigenvalue weighted by Crippen LogP contribution is 2.28. The zero-order valence-corrected chi connectivity index (χ0v) is 15.6. The predicted molar refractivity (Wildman–Crippen MR) is 103 cm³/mol. The quantitative estimate of drug-likeness (QED) is 0.657. The highest BCUT2D eigenvalue weighted by atomic mass is 35.5. The summed E-state index contributed by atoms with van der Waals surface area (Å²) < 4.78 is 1.53. The van der Waals surface area contributed by atoms with Crippen LogP contribution in [0.5, 0.6) is 0 Å². The van der Waals surface area contributed by atoms with E-state index in [2.05, 4.69) is 16.2 Å². The lowest BCUT2D eigenvalue weighted by molar-refractivity contribution is 0.0705. The number of hydrogen-bond donors (Lipinski definition) is 0. The fourth-order valence-corrected chi connectivity index (χ4v) is 3.54. The third-order valence-corrected chi connectivity index (χ3v) is 4.97. The van der Waals surface area contributed by atoms with Crippen molar-refractivity contribution in [2.45, 2.75) is 19.4 Å². The monoisotopic (exact) mass is 386 g/mol. The maximum absolute atomic E-state index is 12.9. The molecule has 0 saturated carbocycles. The number of hydrogen-bond acceptors (Lipinski definition) is 3. The van der Waals surface area contributed by atoms with Crippen LogP contribution in [-0.2, 0) is 0 Å². The summed E-state index contributed by atoms with van der Waals surface area (Å²) in [4.78, 5) is 18.9. The van der Waals surface area contributed by atoms with Crippen LogP contribution >= 0.6 is 23.2 Å². The third kappa shape index (κ3) is 3.20. The first-order valence-corrected chi connectivity index (χ1v) is 9.04. The van der Waals surface area contributed by atoms with E-state index in [1.807, 2.05) is 36.1 Å². The number of benzene rings is 1. The van der Waals surface area contributed by atoms with Gasteiger partial charge in [-0.05, 0) is 36.6 Å². The van der Waals surface area contributed by atoms with Gasteiger partial charge in [0.25, 0.3) is 5.91 Å². The molecule has 0 fully saturated rings. The van der Waals surface area contributed by atoms with Gasteiger partial charge in [0.15, 0.2) is 11.3 Å². The highest BCUT2D eigenvalue weighted by molar-refractivity contribution is 6.30. The number of aromatic nitrogens is 3. The summed E-state index contributed by atoms with van der Waals surface area (Å²) in [6, 6.07) is 9.53. The van der Waals surface area contributed by atoms with Crippen molar-refractivity contribution in [2.75, 3.05) is 6.54 Å². The average molecular weight is 387 g/mol. The van der Waals surface area contributed by atoms with E-state index >= 15 is 0 Å². The van der Waals surface area contributed by atoms with Crippen molar-refractivity contribution in [2.24, 2.45) is 0 Å². The minimum atomic E-state index is -0.111. The van der Waals surface area contributed by atoms with Gasteiger partial charge in [-0.2, -0.15) is 5.10 Å². The van der Waals surface area contributed by atoms with Crippen LogP contribution in [0.2, 0.25) is 10.0 Å². The first kappa shape index (κ1) is 17.1. The Morgan fingerprint density at radius 2 is 2.08 bits per heavy atom. The molecule has 1 aromatic carbocycles. The van der Waals surface area contributed by atoms with Gasteiger partial charge in [-0.15, -0.1) is 0 Å². The van der Waals surface area contributed by atoms with Crippen molar-refractivity contribution in [3.8, 4) is 0 Å². The Hall–Kier alpha value is -2.37. The van der Waals surface area contributed by atoms with Crippen LogP contribution < -0.4 is 0 Å². The van der Waals surface area contributed by atoms with Gasteiger partial charge in [0.05, 0.1) is 11.2 Å². The lowest BCUT2D eigenvalue weighted by Gasteiger charge is -2.32. The van der Waals surface area contributed by atoms with Crippen molar-refractivity contribution < 1.29 is 4.79 Å². The minimum absolute atomic E-state index is 0.0582. The van der Waals surface area contributed by atoms with Crippen LogP contribution in [-0.4, -0.2) is 38.0 Å². The molecule has 4 rings (SSSR count). The van der Waals surface area contributed by atoms with E-state index in [1.54, 1.807) is 12.3 Å². The number of rotatable bonds is 2. The van der Waals surface area contributed by atoms with E-state index in [0.29, 0.717) is 27.9 Å². The molecule has 26 heavy (non-hydrogen) atoms. The molecule has 0 radical (unpaired) electrons. The van der Waals surface area contributed by atoms with Crippen LogP contribution in [0.4, 0.5) is 0 Å². The zero-order valence-electron chi connectivity index (χ0n) is 14.1. The molecular weight excluding hydrogens is 371 g/mol. The van der Waals surface area contributed by atoms with Gasteiger partial charge < -0.3 is 4.90 Å². The third-order valence-electron chi connectivity index (χ3n) is 4.54. The Morgan fingerprint density at radius 1 is 1.23 bits per heavy atom. The van der Waals surface area contributed by atoms with Gasteiger partial charge in [0.2, 0.25) is 0 Å². The van der Waals surface area contributed by atoms with Gasteiger partial charge in [0, 0.05) is 29.9 Å². The van der Waals surface area contributed by atoms with Crippen molar-refractivity contribution in [1.29, 1.82) is 0 Å². The normalized spacial score (nSPS) is 17.4. The first-order chi connectivity index (χ1) is 12.5. The van der Waals surface area contributed by atoms with Crippen molar-refractivity contribution in [3.05, 3.63) is 70.1 Å². The maximum atomic E-state index is 12.9. The molecule has 3 aromatic rings. The topological polar surface area (TPSA) is 50.5 Å². The van der Waals surface area contributed by atoms with Crippen LogP contribution in [0.1, 0.15) is 29.4 Å². The van der Waals surface area contributed by atoms with Gasteiger partial charge in [-0.1, -0.05) is 41.4 Å². The molecule has 3 heterocycles. The highest BCUT2D eigenvalue weighted by Gasteiger charge is 2.27. The van der Waals surface area contributed by atoms with E-state index in [1.165, 1.54) is 16.3 Å².